The van der Waals surface area contributed by atoms with Gasteiger partial charge < -0.3 is 14.6 Å². The number of nitrogens with zero attached hydrogens (tertiary/aromatic N) is 1. The maximum absolute atomic E-state index is 12.6. The van der Waals surface area contributed by atoms with Crippen molar-refractivity contribution in [1.82, 2.24) is 4.90 Å². The molecule has 0 spiro atoms. The van der Waals surface area contributed by atoms with Crippen molar-refractivity contribution in [3.8, 4) is 5.75 Å². The van der Waals surface area contributed by atoms with E-state index in [0.717, 1.165) is 22.9 Å². The summed E-state index contributed by atoms with van der Waals surface area (Å²) < 4.78 is 6.29. The minimum atomic E-state index is -1.21. The minimum Gasteiger partial charge on any atom is -0.550 e. The maximum atomic E-state index is 12.6. The van der Waals surface area contributed by atoms with E-state index in [2.05, 4.69) is 0 Å². The summed E-state index contributed by atoms with van der Waals surface area (Å²) in [5, 5.41) is 10.7. The van der Waals surface area contributed by atoms with Crippen molar-refractivity contribution in [3.05, 3.63) is 70.1 Å². The zero-order valence-electron chi connectivity index (χ0n) is 15.2. The predicted octanol–water partition coefficient (Wildman–Crippen LogP) is 2.92. The van der Waals surface area contributed by atoms with E-state index in [1.807, 2.05) is 55.5 Å². The predicted molar refractivity (Wildman–Crippen MR) is 111 cm³/mol. The molecule has 7 heteroatoms. The number of para-hydroxylation sites is 1. The fourth-order valence-electron chi connectivity index (χ4n) is 2.61. The molecular weight excluding hydrogens is 394 g/mol. The third-order valence-corrected chi connectivity index (χ3v) is 5.51. The molecule has 5 nitrogen and oxygen atoms in total. The lowest BCUT2D eigenvalue weighted by atomic mass is 10.1. The van der Waals surface area contributed by atoms with Crippen LogP contribution in [0.2, 0.25) is 0 Å². The molecule has 144 valence electrons. The Hall–Kier alpha value is -2.64. The number of benzene rings is 2. The molecule has 0 saturated carbocycles. The van der Waals surface area contributed by atoms with Crippen molar-refractivity contribution in [2.75, 3.05) is 6.54 Å². The highest BCUT2D eigenvalue weighted by atomic mass is 32.2. The molecule has 1 aliphatic heterocycles. The first kappa shape index (κ1) is 20.1. The first-order chi connectivity index (χ1) is 13.4. The van der Waals surface area contributed by atoms with Crippen molar-refractivity contribution >= 4 is 46.3 Å². The Morgan fingerprint density at radius 1 is 1.21 bits per heavy atom. The zero-order valence-corrected chi connectivity index (χ0v) is 16.8. The highest BCUT2D eigenvalue weighted by Crippen LogP contribution is 2.34. The second-order valence-corrected chi connectivity index (χ2v) is 7.94. The Labute approximate surface area is 173 Å². The summed E-state index contributed by atoms with van der Waals surface area (Å²) in [7, 11) is 0. The quantitative estimate of drug-likeness (QED) is 0.515. The molecule has 1 aliphatic rings. The van der Waals surface area contributed by atoms with Gasteiger partial charge in [-0.1, -0.05) is 72.0 Å². The molecule has 28 heavy (non-hydrogen) atoms. The van der Waals surface area contributed by atoms with Crippen molar-refractivity contribution < 1.29 is 19.4 Å². The number of amides is 1. The van der Waals surface area contributed by atoms with Crippen LogP contribution in [0.3, 0.4) is 0 Å². The van der Waals surface area contributed by atoms with Gasteiger partial charge in [0.1, 0.15) is 16.7 Å². The number of hydrogen-bond acceptors (Lipinski definition) is 6. The van der Waals surface area contributed by atoms with Gasteiger partial charge in [-0.15, -0.1) is 0 Å². The zero-order chi connectivity index (χ0) is 20.1. The van der Waals surface area contributed by atoms with Crippen molar-refractivity contribution in [3.63, 3.8) is 0 Å². The molecule has 0 aromatic heterocycles. The average Bonchev–Trinajstić information content (AvgIpc) is 2.93. The van der Waals surface area contributed by atoms with Gasteiger partial charge in [0.05, 0.1) is 4.91 Å². The SMILES string of the molecule is Cc1ccc(COc2ccccc2/C=C2\SC(=S)N(CCC(=O)[O-])C2=O)cc1. The number of carboxylic acid groups (broad SMARTS) is 1. The summed E-state index contributed by atoms with van der Waals surface area (Å²) in [6.07, 6.45) is 1.47. The number of carboxylic acids is 1. The summed E-state index contributed by atoms with van der Waals surface area (Å²) in [4.78, 5) is 24.9. The van der Waals surface area contributed by atoms with E-state index in [1.54, 1.807) is 6.08 Å². The standard InChI is InChI=1S/C21H19NO4S2/c1-14-6-8-15(9-7-14)13-26-17-5-3-2-4-16(17)12-18-20(25)22(21(27)28-18)11-10-19(23)24/h2-9,12H,10-11,13H2,1H3,(H,23,24)/p-1/b18-12-. The number of hydrogen-bond donors (Lipinski definition) is 0. The van der Waals surface area contributed by atoms with Gasteiger partial charge in [0, 0.05) is 24.5 Å². The van der Waals surface area contributed by atoms with Gasteiger partial charge in [0.15, 0.2) is 0 Å². The van der Waals surface area contributed by atoms with E-state index in [1.165, 1.54) is 10.5 Å². The van der Waals surface area contributed by atoms with Gasteiger partial charge in [0.25, 0.3) is 5.91 Å². The molecule has 0 aliphatic carbocycles. The smallest absolute Gasteiger partial charge is 0.266 e. The average molecular weight is 413 g/mol. The van der Waals surface area contributed by atoms with E-state index in [4.69, 9.17) is 17.0 Å². The molecule has 1 amide bonds. The van der Waals surface area contributed by atoms with Gasteiger partial charge >= 0.3 is 0 Å². The molecule has 0 unspecified atom stereocenters. The molecule has 0 atom stereocenters. The monoisotopic (exact) mass is 412 g/mol. The van der Waals surface area contributed by atoms with Crippen molar-refractivity contribution in [2.24, 2.45) is 0 Å². The van der Waals surface area contributed by atoms with Crippen LogP contribution in [-0.2, 0) is 16.2 Å². The van der Waals surface area contributed by atoms with Crippen molar-refractivity contribution in [2.45, 2.75) is 20.0 Å². The highest BCUT2D eigenvalue weighted by molar-refractivity contribution is 8.26. The van der Waals surface area contributed by atoms with E-state index in [-0.39, 0.29) is 18.9 Å². The largest absolute Gasteiger partial charge is 0.550 e. The van der Waals surface area contributed by atoms with Gasteiger partial charge in [-0.25, -0.2) is 0 Å². The first-order valence-corrected chi connectivity index (χ1v) is 9.89. The number of aliphatic carboxylic acids is 1. The number of thioether (sulfide) groups is 1. The van der Waals surface area contributed by atoms with Gasteiger partial charge in [0.2, 0.25) is 0 Å². The molecule has 0 radical (unpaired) electrons. The van der Waals surface area contributed by atoms with Gasteiger partial charge in [-0.2, -0.15) is 0 Å². The molecule has 2 aromatic rings. The molecule has 0 N–H and O–H groups in total. The summed E-state index contributed by atoms with van der Waals surface area (Å²) in [6, 6.07) is 15.5. The third-order valence-electron chi connectivity index (χ3n) is 4.13. The number of aryl methyl sites for hydroxylation is 1. The first-order valence-electron chi connectivity index (χ1n) is 8.66. The topological polar surface area (TPSA) is 69.7 Å². The number of thiocarbonyl (C=S) groups is 1. The van der Waals surface area contributed by atoms with E-state index >= 15 is 0 Å². The highest BCUT2D eigenvalue weighted by Gasteiger charge is 2.31. The van der Waals surface area contributed by atoms with Crippen LogP contribution < -0.4 is 9.84 Å². The van der Waals surface area contributed by atoms with Crippen LogP contribution in [0.4, 0.5) is 0 Å². The van der Waals surface area contributed by atoms with Crippen LogP contribution in [0.25, 0.3) is 6.08 Å². The normalized spacial score (nSPS) is 15.3. The fourth-order valence-corrected chi connectivity index (χ4v) is 3.91. The van der Waals surface area contributed by atoms with Crippen LogP contribution in [0.15, 0.2) is 53.4 Å². The maximum Gasteiger partial charge on any atom is 0.266 e. The Morgan fingerprint density at radius 3 is 2.64 bits per heavy atom. The molecule has 0 bridgehead atoms. The molecule has 2 aromatic carbocycles. The third kappa shape index (κ3) is 4.99. The number of carbonyl (C=O) groups is 2. The Bertz CT molecular complexity index is 938. The Balaban J connectivity index is 1.75. The Kier molecular flexibility index (Phi) is 6.49. The van der Waals surface area contributed by atoms with Gasteiger partial charge in [-0.3, -0.25) is 9.69 Å². The number of rotatable bonds is 7. The number of ether oxygens (including phenoxy) is 1. The summed E-state index contributed by atoms with van der Waals surface area (Å²) >= 11 is 6.36. The number of carbonyl (C=O) groups excluding carboxylic acids is 2. The Morgan fingerprint density at radius 2 is 1.93 bits per heavy atom. The molecule has 1 saturated heterocycles. The lowest BCUT2D eigenvalue weighted by Gasteiger charge is -2.14. The summed E-state index contributed by atoms with van der Waals surface area (Å²) in [6.45, 7) is 2.46. The van der Waals surface area contributed by atoms with Crippen LogP contribution >= 0.6 is 24.0 Å². The minimum absolute atomic E-state index is 0.00983. The summed E-state index contributed by atoms with van der Waals surface area (Å²) in [5.41, 5.74) is 2.99. The van der Waals surface area contributed by atoms with Gasteiger partial charge in [-0.05, 0) is 24.6 Å². The van der Waals surface area contributed by atoms with Crippen LogP contribution in [0.5, 0.6) is 5.75 Å². The fraction of sp³-hybridized carbons (Fsp3) is 0.190. The molecular formula is C21H18NO4S2-. The second kappa shape index (κ2) is 9.03. The van der Waals surface area contributed by atoms with Crippen LogP contribution in [0, 0.1) is 6.92 Å². The summed E-state index contributed by atoms with van der Waals surface area (Å²) in [5.74, 6) is -0.861. The molecule has 3 rings (SSSR count). The lowest BCUT2D eigenvalue weighted by Crippen LogP contribution is -2.33. The second-order valence-electron chi connectivity index (χ2n) is 6.27. The van der Waals surface area contributed by atoms with E-state index in [9.17, 15) is 14.7 Å². The van der Waals surface area contributed by atoms with Crippen molar-refractivity contribution in [1.29, 1.82) is 0 Å². The molecule has 1 fully saturated rings. The van der Waals surface area contributed by atoms with E-state index < -0.39 is 5.97 Å². The van der Waals surface area contributed by atoms with Crippen LogP contribution in [0.1, 0.15) is 23.1 Å². The molecule has 1 heterocycles. The lowest BCUT2D eigenvalue weighted by molar-refractivity contribution is -0.305. The van der Waals surface area contributed by atoms with Crippen LogP contribution in [-0.4, -0.2) is 27.6 Å². The van der Waals surface area contributed by atoms with E-state index in [0.29, 0.717) is 21.6 Å².